The summed E-state index contributed by atoms with van der Waals surface area (Å²) in [5, 5.41) is 13.1. The van der Waals surface area contributed by atoms with Crippen LogP contribution in [-0.2, 0) is 0 Å². The predicted octanol–water partition coefficient (Wildman–Crippen LogP) is 1.58. The molecule has 0 radical (unpaired) electrons. The lowest BCUT2D eigenvalue weighted by Crippen LogP contribution is -2.17. The molecule has 0 aliphatic rings. The van der Waals surface area contributed by atoms with E-state index in [9.17, 15) is 19.7 Å². The summed E-state index contributed by atoms with van der Waals surface area (Å²) in [6.07, 6.45) is 1.08. The molecule has 0 saturated heterocycles. The fraction of sp³-hybridized carbons (Fsp3) is 0. The molecule has 1 aromatic heterocycles. The van der Waals surface area contributed by atoms with Gasteiger partial charge in [0.2, 0.25) is 0 Å². The number of rotatable bonds is 3. The number of nitrogens with zero attached hydrogens (tertiary/aromatic N) is 2. The highest BCUT2D eigenvalue weighted by Gasteiger charge is 2.15. The van der Waals surface area contributed by atoms with Crippen molar-refractivity contribution in [1.82, 2.24) is 9.97 Å². The Hall–Kier alpha value is -2.74. The van der Waals surface area contributed by atoms with E-state index in [4.69, 9.17) is 11.6 Å². The Labute approximate surface area is 116 Å². The highest BCUT2D eigenvalue weighted by atomic mass is 35.5. The van der Waals surface area contributed by atoms with Gasteiger partial charge < -0.3 is 10.3 Å². The molecule has 0 unspecified atom stereocenters. The van der Waals surface area contributed by atoms with Gasteiger partial charge in [-0.05, 0) is 12.1 Å². The monoisotopic (exact) mass is 294 g/mol. The first-order chi connectivity index (χ1) is 9.47. The van der Waals surface area contributed by atoms with E-state index in [1.54, 1.807) is 0 Å². The topological polar surface area (TPSA) is 118 Å². The van der Waals surface area contributed by atoms with E-state index in [0.717, 1.165) is 18.5 Å². The number of aromatic amines is 1. The molecule has 0 atom stereocenters. The van der Waals surface area contributed by atoms with E-state index in [0.29, 0.717) is 0 Å². The number of amides is 1. The van der Waals surface area contributed by atoms with Gasteiger partial charge in [-0.2, -0.15) is 0 Å². The molecule has 8 nitrogen and oxygen atoms in total. The van der Waals surface area contributed by atoms with Crippen LogP contribution in [0.2, 0.25) is 5.02 Å². The van der Waals surface area contributed by atoms with E-state index in [2.05, 4.69) is 15.3 Å². The molecule has 0 fully saturated rings. The Morgan fingerprint density at radius 2 is 2.15 bits per heavy atom. The Balaban J connectivity index is 2.26. The maximum absolute atomic E-state index is 11.8. The molecule has 20 heavy (non-hydrogen) atoms. The average molecular weight is 295 g/mol. The van der Waals surface area contributed by atoms with Gasteiger partial charge in [0.05, 0.1) is 11.3 Å². The third-order valence-corrected chi connectivity index (χ3v) is 2.63. The highest BCUT2D eigenvalue weighted by Crippen LogP contribution is 2.27. The fourth-order valence-corrected chi connectivity index (χ4v) is 1.60. The van der Waals surface area contributed by atoms with Gasteiger partial charge >= 0.3 is 0 Å². The van der Waals surface area contributed by atoms with E-state index in [1.807, 2.05) is 0 Å². The predicted molar refractivity (Wildman–Crippen MR) is 70.9 cm³/mol. The smallest absolute Gasteiger partial charge is 0.289 e. The Morgan fingerprint density at radius 3 is 2.80 bits per heavy atom. The molecule has 1 aromatic carbocycles. The van der Waals surface area contributed by atoms with Crippen LogP contribution < -0.4 is 10.9 Å². The summed E-state index contributed by atoms with van der Waals surface area (Å²) in [5.74, 6) is -0.660. The van der Waals surface area contributed by atoms with Crippen molar-refractivity contribution >= 4 is 28.9 Å². The summed E-state index contributed by atoms with van der Waals surface area (Å²) in [6.45, 7) is 0. The minimum Gasteiger partial charge on any atom is -0.320 e. The normalized spacial score (nSPS) is 10.1. The number of carbonyl (C=O) groups excluding carboxylic acids is 1. The number of anilines is 1. The molecule has 0 aliphatic carbocycles. The molecule has 2 rings (SSSR count). The second-order valence-electron chi connectivity index (χ2n) is 3.67. The number of hydrogen-bond donors (Lipinski definition) is 2. The van der Waals surface area contributed by atoms with Gasteiger partial charge in [0, 0.05) is 17.8 Å². The number of hydrogen-bond acceptors (Lipinski definition) is 5. The highest BCUT2D eigenvalue weighted by molar-refractivity contribution is 6.32. The molecule has 0 spiro atoms. The number of aromatic nitrogens is 2. The van der Waals surface area contributed by atoms with Crippen molar-refractivity contribution in [2.24, 2.45) is 0 Å². The van der Waals surface area contributed by atoms with Gasteiger partial charge in [-0.25, -0.2) is 4.98 Å². The molecular formula is C11H7ClN4O4. The van der Waals surface area contributed by atoms with Crippen LogP contribution in [0.15, 0.2) is 35.4 Å². The first-order valence-corrected chi connectivity index (χ1v) is 5.65. The molecule has 102 valence electrons. The van der Waals surface area contributed by atoms with Crippen molar-refractivity contribution in [1.29, 1.82) is 0 Å². The number of nitro groups is 1. The molecule has 0 saturated carbocycles. The standard InChI is InChI=1S/C11H7ClN4O4/c12-7-2-1-6(3-9(7)16(19)20)15-11(18)8-4-10(17)14-5-13-8/h1-5H,(H,15,18)(H,13,14,17). The average Bonchev–Trinajstić information content (AvgIpc) is 2.40. The van der Waals surface area contributed by atoms with Crippen molar-refractivity contribution in [2.75, 3.05) is 5.32 Å². The quantitative estimate of drug-likeness (QED) is 0.658. The van der Waals surface area contributed by atoms with Gasteiger partial charge in [0.15, 0.2) is 0 Å². The van der Waals surface area contributed by atoms with Gasteiger partial charge in [-0.3, -0.25) is 19.7 Å². The zero-order valence-corrected chi connectivity index (χ0v) is 10.5. The molecule has 2 N–H and O–H groups in total. The van der Waals surface area contributed by atoms with Gasteiger partial charge in [-0.1, -0.05) is 11.6 Å². The lowest BCUT2D eigenvalue weighted by Gasteiger charge is -2.04. The van der Waals surface area contributed by atoms with E-state index in [-0.39, 0.29) is 22.1 Å². The summed E-state index contributed by atoms with van der Waals surface area (Å²) in [6, 6.07) is 4.83. The summed E-state index contributed by atoms with van der Waals surface area (Å²) in [5.41, 5.74) is -0.741. The van der Waals surface area contributed by atoms with Crippen LogP contribution in [0, 0.1) is 10.1 Å². The van der Waals surface area contributed by atoms with Crippen molar-refractivity contribution in [3.05, 3.63) is 61.8 Å². The maximum Gasteiger partial charge on any atom is 0.289 e. The lowest BCUT2D eigenvalue weighted by atomic mass is 10.2. The SMILES string of the molecule is O=C(Nc1ccc(Cl)c([N+](=O)[O-])c1)c1cc(=O)[nH]cn1. The van der Waals surface area contributed by atoms with Crippen LogP contribution in [0.5, 0.6) is 0 Å². The number of carbonyl (C=O) groups is 1. The van der Waals surface area contributed by atoms with E-state index >= 15 is 0 Å². The Kier molecular flexibility index (Phi) is 3.76. The molecule has 1 amide bonds. The van der Waals surface area contributed by atoms with Crippen molar-refractivity contribution in [2.45, 2.75) is 0 Å². The number of nitrogens with one attached hydrogen (secondary N) is 2. The zero-order chi connectivity index (χ0) is 14.7. The minimum atomic E-state index is -0.663. The van der Waals surface area contributed by atoms with Crippen LogP contribution in [-0.4, -0.2) is 20.8 Å². The summed E-state index contributed by atoms with van der Waals surface area (Å²) < 4.78 is 0. The number of benzene rings is 1. The first-order valence-electron chi connectivity index (χ1n) is 5.27. The van der Waals surface area contributed by atoms with Gasteiger partial charge in [0.25, 0.3) is 17.2 Å². The molecular weight excluding hydrogens is 288 g/mol. The van der Waals surface area contributed by atoms with Crippen molar-refractivity contribution in [3.63, 3.8) is 0 Å². The van der Waals surface area contributed by atoms with Crippen LogP contribution in [0.25, 0.3) is 0 Å². The third-order valence-electron chi connectivity index (χ3n) is 2.31. The summed E-state index contributed by atoms with van der Waals surface area (Å²) in [4.78, 5) is 38.9. The van der Waals surface area contributed by atoms with Crippen LogP contribution >= 0.6 is 11.6 Å². The lowest BCUT2D eigenvalue weighted by molar-refractivity contribution is -0.384. The number of nitro benzene ring substituents is 1. The summed E-state index contributed by atoms with van der Waals surface area (Å²) in [7, 11) is 0. The van der Waals surface area contributed by atoms with Crippen LogP contribution in [0.1, 0.15) is 10.5 Å². The Morgan fingerprint density at radius 1 is 1.40 bits per heavy atom. The van der Waals surface area contributed by atoms with Crippen molar-refractivity contribution in [3.8, 4) is 0 Å². The van der Waals surface area contributed by atoms with Crippen LogP contribution in [0.3, 0.4) is 0 Å². The van der Waals surface area contributed by atoms with Crippen molar-refractivity contribution < 1.29 is 9.72 Å². The molecule has 0 bridgehead atoms. The zero-order valence-electron chi connectivity index (χ0n) is 9.79. The molecule has 9 heteroatoms. The molecule has 1 heterocycles. The number of H-pyrrole nitrogens is 1. The third kappa shape index (κ3) is 2.98. The van der Waals surface area contributed by atoms with E-state index < -0.39 is 16.4 Å². The first kappa shape index (κ1) is 13.7. The molecule has 0 aliphatic heterocycles. The second-order valence-corrected chi connectivity index (χ2v) is 4.08. The van der Waals surface area contributed by atoms with E-state index in [1.165, 1.54) is 12.1 Å². The summed E-state index contributed by atoms with van der Waals surface area (Å²) >= 11 is 5.65. The fourth-order valence-electron chi connectivity index (χ4n) is 1.42. The van der Waals surface area contributed by atoms with Crippen LogP contribution in [0.4, 0.5) is 11.4 Å². The number of halogens is 1. The largest absolute Gasteiger partial charge is 0.320 e. The minimum absolute atomic E-state index is 0.0396. The van der Waals surface area contributed by atoms with Gasteiger partial charge in [-0.15, -0.1) is 0 Å². The Bertz CT molecular complexity index is 743. The maximum atomic E-state index is 11.8. The van der Waals surface area contributed by atoms with Gasteiger partial charge in [0.1, 0.15) is 10.7 Å². The second kappa shape index (κ2) is 5.49. The molecule has 2 aromatic rings.